The molecule has 5 rings (SSSR count). The van der Waals surface area contributed by atoms with Crippen molar-refractivity contribution in [1.29, 1.82) is 0 Å². The molecule has 2 N–H and O–H groups in total. The lowest BCUT2D eigenvalue weighted by atomic mass is 9.64. The Morgan fingerprint density at radius 3 is 2.08 bits per heavy atom. The van der Waals surface area contributed by atoms with Crippen LogP contribution in [0.2, 0.25) is 0 Å². The molecule has 4 aromatic carbocycles. The molecule has 0 atom stereocenters. The van der Waals surface area contributed by atoms with E-state index in [2.05, 4.69) is 71.1 Å². The van der Waals surface area contributed by atoms with E-state index in [0.29, 0.717) is 0 Å². The van der Waals surface area contributed by atoms with Crippen LogP contribution in [0, 0.1) is 0 Å². The summed E-state index contributed by atoms with van der Waals surface area (Å²) < 4.78 is 5.53. The molecule has 1 aliphatic rings. The Hall–Kier alpha value is -3.14. The Labute approximate surface area is 146 Å². The highest BCUT2D eigenvalue weighted by molar-refractivity contribution is 6.82. The normalized spacial score (nSPS) is 12.8. The van der Waals surface area contributed by atoms with Crippen LogP contribution in [0.25, 0.3) is 21.5 Å². The molecule has 0 saturated heterocycles. The molecule has 4 aromatic rings. The highest BCUT2D eigenvalue weighted by atomic mass is 16.5. The van der Waals surface area contributed by atoms with Gasteiger partial charge in [-0.3, -0.25) is 0 Å². The minimum Gasteiger partial charge on any atom is -0.496 e. The van der Waals surface area contributed by atoms with E-state index in [1.54, 1.807) is 7.11 Å². The van der Waals surface area contributed by atoms with Gasteiger partial charge in [0, 0.05) is 22.1 Å². The average Bonchev–Trinajstić information content (AvgIpc) is 2.67. The molecule has 1 heterocycles. The maximum atomic E-state index is 5.53. The summed E-state index contributed by atoms with van der Waals surface area (Å²) in [5.41, 5.74) is 3.54. The topological polar surface area (TPSA) is 33.3 Å². The van der Waals surface area contributed by atoms with Crippen molar-refractivity contribution in [2.75, 3.05) is 17.6 Å². The number of benzene rings is 4. The van der Waals surface area contributed by atoms with Gasteiger partial charge < -0.3 is 15.2 Å². The molecule has 0 saturated carbocycles. The van der Waals surface area contributed by atoms with Crippen molar-refractivity contribution < 1.29 is 4.74 Å². The van der Waals surface area contributed by atoms with Crippen molar-refractivity contribution in [3.63, 3.8) is 0 Å². The summed E-state index contributed by atoms with van der Waals surface area (Å²) in [6.45, 7) is 0.0105. The number of hydrogen-bond donors (Lipinski definition) is 2. The molecular formula is C21H17BN2O. The molecule has 1 aliphatic heterocycles. The van der Waals surface area contributed by atoms with Crippen LogP contribution in [0.4, 0.5) is 11.4 Å². The van der Waals surface area contributed by atoms with Gasteiger partial charge in [0.1, 0.15) is 5.75 Å². The van der Waals surface area contributed by atoms with Gasteiger partial charge in [-0.05, 0) is 34.4 Å². The maximum Gasteiger partial charge on any atom is 0.406 e. The first-order chi connectivity index (χ1) is 12.3. The quantitative estimate of drug-likeness (QED) is 0.541. The summed E-state index contributed by atoms with van der Waals surface area (Å²) in [5, 5.41) is 12.1. The van der Waals surface area contributed by atoms with Crippen LogP contribution in [0.15, 0.2) is 72.8 Å². The molecule has 0 aliphatic carbocycles. The van der Waals surface area contributed by atoms with Gasteiger partial charge in [-0.15, -0.1) is 0 Å². The van der Waals surface area contributed by atoms with Gasteiger partial charge in [0.15, 0.2) is 0 Å². The molecule has 4 heteroatoms. The number of fused-ring (bicyclic) bond motifs is 1. The Kier molecular flexibility index (Phi) is 3.10. The molecule has 0 aromatic heterocycles. The van der Waals surface area contributed by atoms with Crippen molar-refractivity contribution in [2.24, 2.45) is 0 Å². The highest BCUT2D eigenvalue weighted by Crippen LogP contribution is 2.34. The van der Waals surface area contributed by atoms with E-state index in [1.807, 2.05) is 12.1 Å². The number of anilines is 2. The van der Waals surface area contributed by atoms with E-state index in [1.165, 1.54) is 21.6 Å². The Morgan fingerprint density at radius 1 is 0.720 bits per heavy atom. The number of ether oxygens (including phenoxy) is 1. The molecular weight excluding hydrogens is 307 g/mol. The largest absolute Gasteiger partial charge is 0.496 e. The number of hydrogen-bond acceptors (Lipinski definition) is 3. The lowest BCUT2D eigenvalue weighted by Gasteiger charge is -2.27. The second kappa shape index (κ2) is 5.45. The third-order valence-corrected chi connectivity index (χ3v) is 4.95. The summed E-state index contributed by atoms with van der Waals surface area (Å²) >= 11 is 0. The third kappa shape index (κ3) is 2.14. The maximum absolute atomic E-state index is 5.53. The zero-order valence-electron chi connectivity index (χ0n) is 13.9. The monoisotopic (exact) mass is 324 g/mol. The summed E-state index contributed by atoms with van der Waals surface area (Å²) in [6, 6.07) is 25.3. The smallest absolute Gasteiger partial charge is 0.406 e. The predicted octanol–water partition coefficient (Wildman–Crippen LogP) is 4.23. The standard InChI is InChI=1S/C21H17BN2O/c1-25-20-13-12-17(15-8-2-3-9-16(15)20)22-23-18-10-4-6-14-7-5-11-19(24-22)21(14)18/h2-13,23-24H,1H3. The van der Waals surface area contributed by atoms with Crippen LogP contribution in [-0.4, -0.2) is 14.1 Å². The van der Waals surface area contributed by atoms with Gasteiger partial charge in [-0.2, -0.15) is 0 Å². The van der Waals surface area contributed by atoms with Crippen LogP contribution < -0.4 is 20.7 Å². The van der Waals surface area contributed by atoms with Gasteiger partial charge in [-0.1, -0.05) is 54.6 Å². The zero-order chi connectivity index (χ0) is 16.8. The zero-order valence-corrected chi connectivity index (χ0v) is 13.9. The van der Waals surface area contributed by atoms with E-state index in [0.717, 1.165) is 22.5 Å². The summed E-state index contributed by atoms with van der Waals surface area (Å²) in [6.07, 6.45) is 0. The molecule has 0 bridgehead atoms. The van der Waals surface area contributed by atoms with E-state index in [9.17, 15) is 0 Å². The highest BCUT2D eigenvalue weighted by Gasteiger charge is 2.27. The molecule has 0 radical (unpaired) electrons. The van der Waals surface area contributed by atoms with Crippen LogP contribution in [-0.2, 0) is 0 Å². The average molecular weight is 324 g/mol. The van der Waals surface area contributed by atoms with E-state index in [4.69, 9.17) is 4.74 Å². The lowest BCUT2D eigenvalue weighted by Crippen LogP contribution is -2.48. The van der Waals surface area contributed by atoms with E-state index >= 15 is 0 Å². The summed E-state index contributed by atoms with van der Waals surface area (Å²) in [5.74, 6) is 0.901. The van der Waals surface area contributed by atoms with E-state index < -0.39 is 0 Å². The number of methoxy groups -OCH3 is 1. The first-order valence-electron chi connectivity index (χ1n) is 8.45. The molecule has 25 heavy (non-hydrogen) atoms. The molecule has 0 spiro atoms. The fourth-order valence-electron chi connectivity index (χ4n) is 3.81. The van der Waals surface area contributed by atoms with E-state index in [-0.39, 0.29) is 6.98 Å². The second-order valence-electron chi connectivity index (χ2n) is 6.33. The van der Waals surface area contributed by atoms with Crippen LogP contribution >= 0.6 is 0 Å². The predicted molar refractivity (Wildman–Crippen MR) is 107 cm³/mol. The SMILES string of the molecule is COc1ccc(B2Nc3cccc4cccc(c34)N2)c2ccccc12. The lowest BCUT2D eigenvalue weighted by molar-refractivity contribution is 0.420. The summed E-state index contributed by atoms with van der Waals surface area (Å²) in [4.78, 5) is 0. The summed E-state index contributed by atoms with van der Waals surface area (Å²) in [7, 11) is 1.72. The van der Waals surface area contributed by atoms with Crippen molar-refractivity contribution >= 4 is 45.4 Å². The van der Waals surface area contributed by atoms with Gasteiger partial charge >= 0.3 is 6.98 Å². The minimum atomic E-state index is 0.0105. The van der Waals surface area contributed by atoms with Crippen molar-refractivity contribution in [3.05, 3.63) is 72.8 Å². The molecule has 0 amide bonds. The molecule has 0 unspecified atom stereocenters. The Bertz CT molecular complexity index is 1070. The first-order valence-corrected chi connectivity index (χ1v) is 8.45. The van der Waals surface area contributed by atoms with Gasteiger partial charge in [-0.25, -0.2) is 0 Å². The minimum absolute atomic E-state index is 0.0105. The molecule has 3 nitrogen and oxygen atoms in total. The van der Waals surface area contributed by atoms with Gasteiger partial charge in [0.25, 0.3) is 0 Å². The number of rotatable bonds is 2. The second-order valence-corrected chi connectivity index (χ2v) is 6.33. The van der Waals surface area contributed by atoms with Crippen LogP contribution in [0.3, 0.4) is 0 Å². The van der Waals surface area contributed by atoms with Crippen molar-refractivity contribution in [2.45, 2.75) is 0 Å². The Morgan fingerprint density at radius 2 is 1.40 bits per heavy atom. The Balaban J connectivity index is 1.68. The van der Waals surface area contributed by atoms with Gasteiger partial charge in [0.2, 0.25) is 0 Å². The fraction of sp³-hybridized carbons (Fsp3) is 0.0476. The fourth-order valence-corrected chi connectivity index (χ4v) is 3.81. The first kappa shape index (κ1) is 14.2. The van der Waals surface area contributed by atoms with Crippen LogP contribution in [0.5, 0.6) is 5.75 Å². The third-order valence-electron chi connectivity index (χ3n) is 4.95. The molecule has 120 valence electrons. The number of nitrogens with one attached hydrogen (secondary N) is 2. The van der Waals surface area contributed by atoms with Crippen LogP contribution in [0.1, 0.15) is 0 Å². The van der Waals surface area contributed by atoms with Crippen molar-refractivity contribution in [3.8, 4) is 5.75 Å². The van der Waals surface area contributed by atoms with Crippen molar-refractivity contribution in [1.82, 2.24) is 0 Å². The molecule has 0 fully saturated rings. The van der Waals surface area contributed by atoms with Gasteiger partial charge in [0.05, 0.1) is 7.11 Å².